The lowest BCUT2D eigenvalue weighted by atomic mass is 10.2. The monoisotopic (exact) mass is 478 g/mol. The number of likely N-dealkylation sites (tertiary alicyclic amines) is 1. The van der Waals surface area contributed by atoms with Crippen LogP contribution in [-0.4, -0.2) is 57.9 Å². The number of ether oxygens (including phenoxy) is 2. The maximum absolute atomic E-state index is 12.8. The quantitative estimate of drug-likeness (QED) is 0.468. The molecular formula is C26H34N6O3. The van der Waals surface area contributed by atoms with Crippen molar-refractivity contribution in [3.05, 3.63) is 54.1 Å². The van der Waals surface area contributed by atoms with E-state index in [-0.39, 0.29) is 23.9 Å². The van der Waals surface area contributed by atoms with Crippen molar-refractivity contribution in [2.75, 3.05) is 37.3 Å². The van der Waals surface area contributed by atoms with Crippen LogP contribution in [0, 0.1) is 0 Å². The summed E-state index contributed by atoms with van der Waals surface area (Å²) in [5, 5.41) is 7.32. The molecule has 0 saturated carbocycles. The molecule has 0 atom stereocenters. The van der Waals surface area contributed by atoms with Gasteiger partial charge in [0.15, 0.2) is 0 Å². The summed E-state index contributed by atoms with van der Waals surface area (Å²) in [4.78, 5) is 19.5. The number of nitrogens with two attached hydrogens (primary N) is 1. The van der Waals surface area contributed by atoms with Crippen LogP contribution in [-0.2, 0) is 0 Å². The average molecular weight is 479 g/mol. The molecule has 1 fully saturated rings. The summed E-state index contributed by atoms with van der Waals surface area (Å²) in [6, 6.07) is 14.4. The minimum absolute atomic E-state index is 0.00785. The highest BCUT2D eigenvalue weighted by atomic mass is 16.5. The molecule has 9 heteroatoms. The smallest absolute Gasteiger partial charge is 0.281 e. The Balaban J connectivity index is 1.31. The summed E-state index contributed by atoms with van der Waals surface area (Å²) in [5.41, 5.74) is 7.16. The molecule has 0 radical (unpaired) electrons. The first-order chi connectivity index (χ1) is 17.0. The van der Waals surface area contributed by atoms with Crippen LogP contribution in [0.1, 0.15) is 49.9 Å². The lowest BCUT2D eigenvalue weighted by Gasteiger charge is -2.19. The van der Waals surface area contributed by atoms with E-state index in [1.807, 2.05) is 38.1 Å². The summed E-state index contributed by atoms with van der Waals surface area (Å²) in [6.07, 6.45) is 5.28. The Hall–Kier alpha value is -3.59. The number of nitrogens with one attached hydrogen (secondary N) is 1. The van der Waals surface area contributed by atoms with Crippen molar-refractivity contribution in [1.29, 1.82) is 0 Å². The third kappa shape index (κ3) is 6.95. The number of hydrogen-bond acceptors (Lipinski definition) is 8. The molecule has 2 heterocycles. The van der Waals surface area contributed by atoms with Gasteiger partial charge in [0, 0.05) is 17.8 Å². The molecule has 3 aromatic rings. The predicted octanol–water partition coefficient (Wildman–Crippen LogP) is 4.33. The van der Waals surface area contributed by atoms with E-state index < -0.39 is 0 Å². The van der Waals surface area contributed by atoms with E-state index in [4.69, 9.17) is 15.2 Å². The molecule has 0 spiro atoms. The van der Waals surface area contributed by atoms with Crippen LogP contribution in [0.2, 0.25) is 0 Å². The largest absolute Gasteiger partial charge is 0.492 e. The second kappa shape index (κ2) is 11.7. The molecule has 0 amide bonds. The number of aromatic nitrogens is 3. The lowest BCUT2D eigenvalue weighted by Crippen LogP contribution is -2.29. The Kier molecular flexibility index (Phi) is 8.20. The number of carbonyl (C=O) groups is 1. The van der Waals surface area contributed by atoms with E-state index in [2.05, 4.69) is 20.3 Å². The number of benzene rings is 2. The molecule has 1 aromatic heterocycles. The molecule has 1 saturated heterocycles. The molecular weight excluding hydrogens is 444 g/mol. The summed E-state index contributed by atoms with van der Waals surface area (Å²) in [6.45, 7) is 7.83. The Labute approximate surface area is 206 Å². The third-order valence-electron chi connectivity index (χ3n) is 5.78. The number of anilines is 3. The summed E-state index contributed by atoms with van der Waals surface area (Å²) in [5.74, 6) is 1.38. The summed E-state index contributed by atoms with van der Waals surface area (Å²) >= 11 is 0. The second-order valence-electron chi connectivity index (χ2n) is 8.96. The van der Waals surface area contributed by atoms with Crippen LogP contribution in [0.15, 0.2) is 48.5 Å². The minimum atomic E-state index is -0.368. The molecule has 186 valence electrons. The molecule has 2 aromatic carbocycles. The number of nitrogen functional groups attached to an aromatic ring is 1. The Morgan fingerprint density at radius 3 is 2.31 bits per heavy atom. The van der Waals surface area contributed by atoms with Gasteiger partial charge in [0.2, 0.25) is 11.9 Å². The van der Waals surface area contributed by atoms with Gasteiger partial charge in [-0.25, -0.2) is 0 Å². The van der Waals surface area contributed by atoms with Crippen molar-refractivity contribution in [2.24, 2.45) is 0 Å². The number of nitrogens with zero attached hydrogens (tertiary/aromatic N) is 4. The van der Waals surface area contributed by atoms with E-state index in [9.17, 15) is 4.79 Å². The summed E-state index contributed by atoms with van der Waals surface area (Å²) < 4.78 is 12.6. The zero-order valence-corrected chi connectivity index (χ0v) is 20.4. The van der Waals surface area contributed by atoms with Gasteiger partial charge in [0.25, 0.3) is 5.91 Å². The SMILES string of the molecule is CC(C)Oc1ccc(C(=O)n2nc(Nc3ccc(OCCN4CCCCCC4)cc3)nc2N)cc1. The van der Waals surface area contributed by atoms with E-state index in [0.29, 0.717) is 17.9 Å². The van der Waals surface area contributed by atoms with E-state index in [0.717, 1.165) is 35.8 Å². The maximum Gasteiger partial charge on any atom is 0.281 e. The first kappa shape index (κ1) is 24.5. The first-order valence-corrected chi connectivity index (χ1v) is 12.2. The second-order valence-corrected chi connectivity index (χ2v) is 8.96. The van der Waals surface area contributed by atoms with Crippen molar-refractivity contribution in [3.63, 3.8) is 0 Å². The van der Waals surface area contributed by atoms with E-state index >= 15 is 0 Å². The van der Waals surface area contributed by atoms with Gasteiger partial charge in [-0.2, -0.15) is 9.67 Å². The lowest BCUT2D eigenvalue weighted by molar-refractivity contribution is 0.0948. The van der Waals surface area contributed by atoms with Gasteiger partial charge in [0.05, 0.1) is 6.10 Å². The highest BCUT2D eigenvalue weighted by molar-refractivity contribution is 5.97. The van der Waals surface area contributed by atoms with Gasteiger partial charge in [-0.3, -0.25) is 9.69 Å². The van der Waals surface area contributed by atoms with Crippen LogP contribution in [0.3, 0.4) is 0 Å². The van der Waals surface area contributed by atoms with Crippen molar-refractivity contribution in [2.45, 2.75) is 45.6 Å². The molecule has 9 nitrogen and oxygen atoms in total. The van der Waals surface area contributed by atoms with E-state index in [1.165, 1.54) is 25.7 Å². The minimum Gasteiger partial charge on any atom is -0.492 e. The zero-order valence-electron chi connectivity index (χ0n) is 20.4. The normalized spacial score (nSPS) is 14.5. The van der Waals surface area contributed by atoms with Crippen LogP contribution >= 0.6 is 0 Å². The van der Waals surface area contributed by atoms with Crippen molar-refractivity contribution >= 4 is 23.5 Å². The van der Waals surface area contributed by atoms with Crippen LogP contribution in [0.25, 0.3) is 0 Å². The number of carbonyl (C=O) groups excluding carboxylic acids is 1. The highest BCUT2D eigenvalue weighted by Gasteiger charge is 2.16. The molecule has 1 aliphatic rings. The molecule has 1 aliphatic heterocycles. The van der Waals surface area contributed by atoms with Crippen LogP contribution in [0.4, 0.5) is 17.6 Å². The Bertz CT molecular complexity index is 1090. The Morgan fingerprint density at radius 2 is 1.66 bits per heavy atom. The molecule has 0 bridgehead atoms. The fourth-order valence-corrected chi connectivity index (χ4v) is 4.01. The van der Waals surface area contributed by atoms with Crippen molar-refractivity contribution in [3.8, 4) is 11.5 Å². The van der Waals surface area contributed by atoms with Crippen LogP contribution in [0.5, 0.6) is 11.5 Å². The fourth-order valence-electron chi connectivity index (χ4n) is 4.01. The van der Waals surface area contributed by atoms with Crippen molar-refractivity contribution in [1.82, 2.24) is 19.7 Å². The van der Waals surface area contributed by atoms with Gasteiger partial charge >= 0.3 is 0 Å². The topological polar surface area (TPSA) is 108 Å². The molecule has 3 N–H and O–H groups in total. The number of hydrogen-bond donors (Lipinski definition) is 2. The fraction of sp³-hybridized carbons (Fsp3) is 0.423. The zero-order chi connectivity index (χ0) is 24.6. The van der Waals surface area contributed by atoms with Gasteiger partial charge in [-0.15, -0.1) is 5.10 Å². The molecule has 0 aliphatic carbocycles. The number of rotatable bonds is 9. The standard InChI is InChI=1S/C26H34N6O3/c1-19(2)35-23-11-7-20(8-12-23)24(33)32-25(27)29-26(30-32)28-21-9-13-22(14-10-21)34-18-17-31-15-5-3-4-6-16-31/h7-14,19H,3-6,15-18H2,1-2H3,(H3,27,28,29,30). The molecule has 0 unspecified atom stereocenters. The van der Waals surface area contributed by atoms with Crippen LogP contribution < -0.4 is 20.5 Å². The third-order valence-corrected chi connectivity index (χ3v) is 5.78. The first-order valence-electron chi connectivity index (χ1n) is 12.2. The van der Waals surface area contributed by atoms with Gasteiger partial charge in [-0.05, 0) is 88.3 Å². The average Bonchev–Trinajstić information content (AvgIpc) is 3.03. The van der Waals surface area contributed by atoms with Gasteiger partial charge < -0.3 is 20.5 Å². The Morgan fingerprint density at radius 1 is 1.00 bits per heavy atom. The van der Waals surface area contributed by atoms with Crippen molar-refractivity contribution < 1.29 is 14.3 Å². The molecule has 35 heavy (non-hydrogen) atoms. The summed E-state index contributed by atoms with van der Waals surface area (Å²) in [7, 11) is 0. The molecule has 4 rings (SSSR count). The predicted molar refractivity (Wildman–Crippen MR) is 136 cm³/mol. The maximum atomic E-state index is 12.8. The van der Waals surface area contributed by atoms with Gasteiger partial charge in [-0.1, -0.05) is 12.8 Å². The highest BCUT2D eigenvalue weighted by Crippen LogP contribution is 2.20. The van der Waals surface area contributed by atoms with Gasteiger partial charge in [0.1, 0.15) is 18.1 Å². The van der Waals surface area contributed by atoms with E-state index in [1.54, 1.807) is 24.3 Å².